The molecule has 0 unspecified atom stereocenters. The molecule has 9 heteroatoms. The largest absolute Gasteiger partial charge is 0.460 e. The monoisotopic (exact) mass is 216 g/mol. The van der Waals surface area contributed by atoms with Gasteiger partial charge in [-0.05, 0) is 0 Å². The molecule has 0 aliphatic rings. The van der Waals surface area contributed by atoms with Crippen LogP contribution in [0.2, 0.25) is 0 Å². The Balaban J connectivity index is 4.97. The summed E-state index contributed by atoms with van der Waals surface area (Å²) in [4.78, 5) is 0. The molecule has 1 nitrogen and oxygen atoms in total. The maximum absolute atomic E-state index is 11.6. The second-order valence-corrected chi connectivity index (χ2v) is 2.45. The van der Waals surface area contributed by atoms with E-state index in [1.807, 2.05) is 0 Å². The van der Waals surface area contributed by atoms with Crippen molar-refractivity contribution in [2.45, 2.75) is 17.8 Å². The Bertz CT molecular complexity index is 184. The fourth-order valence-electron chi connectivity index (χ4n) is 0.228. The molecule has 0 fully saturated rings. The van der Waals surface area contributed by atoms with Crippen LogP contribution >= 0.6 is 8.46 Å². The lowest BCUT2D eigenvalue weighted by Crippen LogP contribution is -2.48. The van der Waals surface area contributed by atoms with Crippen LogP contribution in [0, 0.1) is 0 Å². The molecule has 0 amide bonds. The Morgan fingerprint density at radius 1 is 0.833 bits per heavy atom. The van der Waals surface area contributed by atoms with E-state index in [0.29, 0.717) is 0 Å². The first-order valence-corrected chi connectivity index (χ1v) is 3.04. The molecule has 0 N–H and O–H groups in total. The van der Waals surface area contributed by atoms with Crippen molar-refractivity contribution in [3.63, 3.8) is 0 Å². The van der Waals surface area contributed by atoms with Gasteiger partial charge in [-0.25, -0.2) is 0 Å². The zero-order valence-electron chi connectivity index (χ0n) is 5.00. The first kappa shape index (κ1) is 11.6. The van der Waals surface area contributed by atoms with Crippen LogP contribution < -0.4 is 0 Å². The molecule has 12 heavy (non-hydrogen) atoms. The summed E-state index contributed by atoms with van der Waals surface area (Å²) in [5.41, 5.74) is -5.62. The molecule has 0 bridgehead atoms. The Morgan fingerprint density at radius 3 is 1.25 bits per heavy atom. The highest BCUT2D eigenvalue weighted by Crippen LogP contribution is 2.51. The summed E-state index contributed by atoms with van der Waals surface area (Å²) in [5.74, 6) is -6.27. The van der Waals surface area contributed by atoms with E-state index < -0.39 is 26.2 Å². The van der Waals surface area contributed by atoms with Crippen molar-refractivity contribution < 1.29 is 35.3 Å². The molecule has 0 atom stereocenters. The quantitative estimate of drug-likeness (QED) is 0.512. The highest BCUT2D eigenvalue weighted by molar-refractivity contribution is 7.25. The molecule has 72 valence electrons. The van der Waals surface area contributed by atoms with Gasteiger partial charge in [0.05, 0.1) is 0 Å². The molecule has 0 spiro atoms. The van der Waals surface area contributed by atoms with Gasteiger partial charge in [0.1, 0.15) is 0 Å². The lowest BCUT2D eigenvalue weighted by molar-refractivity contribution is -0.331. The van der Waals surface area contributed by atoms with Gasteiger partial charge < -0.3 is 0 Å². The molecule has 0 saturated heterocycles. The summed E-state index contributed by atoms with van der Waals surface area (Å²) in [6, 6.07) is 0. The van der Waals surface area contributed by atoms with Crippen molar-refractivity contribution in [1.29, 1.82) is 0 Å². The van der Waals surface area contributed by atoms with Gasteiger partial charge in [-0.2, -0.15) is 30.7 Å². The lowest BCUT2D eigenvalue weighted by Gasteiger charge is -2.22. The Morgan fingerprint density at radius 2 is 1.17 bits per heavy atom. The molecule has 0 radical (unpaired) electrons. The van der Waals surface area contributed by atoms with Crippen molar-refractivity contribution in [3.05, 3.63) is 0 Å². The first-order valence-electron chi connectivity index (χ1n) is 2.23. The SMILES string of the molecule is O=PC(F)(F)C(F)(F)C(F)(F)F. The third-order valence-corrected chi connectivity index (χ3v) is 1.36. The first-order chi connectivity index (χ1) is 5.06. The summed E-state index contributed by atoms with van der Waals surface area (Å²) in [5, 5.41) is 0. The van der Waals surface area contributed by atoms with Crippen LogP contribution in [0.4, 0.5) is 30.7 Å². The van der Waals surface area contributed by atoms with Crippen molar-refractivity contribution >= 4 is 8.46 Å². The van der Waals surface area contributed by atoms with Crippen LogP contribution in [0.15, 0.2) is 0 Å². The van der Waals surface area contributed by atoms with Crippen LogP contribution in [0.25, 0.3) is 0 Å². The summed E-state index contributed by atoms with van der Waals surface area (Å²) < 4.78 is 89.2. The molecule has 0 aromatic carbocycles. The van der Waals surface area contributed by atoms with Crippen LogP contribution in [0.5, 0.6) is 0 Å². The van der Waals surface area contributed by atoms with E-state index in [1.165, 1.54) is 0 Å². The van der Waals surface area contributed by atoms with E-state index in [9.17, 15) is 35.3 Å². The number of hydrogen-bond acceptors (Lipinski definition) is 1. The van der Waals surface area contributed by atoms with Crippen molar-refractivity contribution in [1.82, 2.24) is 0 Å². The molecule has 0 saturated carbocycles. The minimum atomic E-state index is -6.41. The average Bonchev–Trinajstić information content (AvgIpc) is 1.85. The Labute approximate surface area is 62.7 Å². The van der Waals surface area contributed by atoms with E-state index in [0.717, 1.165) is 0 Å². The van der Waals surface area contributed by atoms with Crippen LogP contribution in [0.3, 0.4) is 0 Å². The van der Waals surface area contributed by atoms with E-state index in [2.05, 4.69) is 0 Å². The molecule has 0 aromatic heterocycles. The maximum Gasteiger partial charge on any atom is 0.460 e. The number of hydrogen-bond donors (Lipinski definition) is 0. The van der Waals surface area contributed by atoms with E-state index in [-0.39, 0.29) is 0 Å². The minimum Gasteiger partial charge on any atom is -0.268 e. The predicted molar refractivity (Wildman–Crippen MR) is 23.6 cm³/mol. The van der Waals surface area contributed by atoms with Crippen molar-refractivity contribution in [2.24, 2.45) is 0 Å². The Kier molecular flexibility index (Phi) is 2.74. The highest BCUT2D eigenvalue weighted by Gasteiger charge is 2.74. The predicted octanol–water partition coefficient (Wildman–Crippen LogP) is 3.07. The molecular formula is C3F7OP. The van der Waals surface area contributed by atoms with Crippen LogP contribution in [0.1, 0.15) is 0 Å². The van der Waals surface area contributed by atoms with Crippen LogP contribution in [-0.4, -0.2) is 17.8 Å². The van der Waals surface area contributed by atoms with Gasteiger partial charge in [0.25, 0.3) is 0 Å². The van der Waals surface area contributed by atoms with Gasteiger partial charge in [-0.15, -0.1) is 0 Å². The van der Waals surface area contributed by atoms with Gasteiger partial charge >= 0.3 is 17.8 Å². The summed E-state index contributed by atoms with van der Waals surface area (Å²) in [7, 11) is -2.57. The van der Waals surface area contributed by atoms with Crippen molar-refractivity contribution in [2.75, 3.05) is 0 Å². The number of alkyl halides is 7. The summed E-state index contributed by atoms with van der Waals surface area (Å²) in [6.07, 6.45) is -6.41. The van der Waals surface area contributed by atoms with Gasteiger partial charge in [-0.3, -0.25) is 4.57 Å². The highest BCUT2D eigenvalue weighted by atomic mass is 31.1. The lowest BCUT2D eigenvalue weighted by atomic mass is 10.3. The zero-order valence-corrected chi connectivity index (χ0v) is 5.90. The topological polar surface area (TPSA) is 17.1 Å². The second-order valence-electron chi connectivity index (χ2n) is 1.70. The van der Waals surface area contributed by atoms with Crippen molar-refractivity contribution in [3.8, 4) is 0 Å². The van der Waals surface area contributed by atoms with Gasteiger partial charge in [0.15, 0.2) is 0 Å². The maximum atomic E-state index is 11.6. The van der Waals surface area contributed by atoms with Gasteiger partial charge in [0.2, 0.25) is 8.46 Å². The third kappa shape index (κ3) is 1.68. The summed E-state index contributed by atoms with van der Waals surface area (Å²) >= 11 is 0. The standard InChI is InChI=1S/C3F7OP/c4-1(5,2(6,7)8)3(9,10)12-11. The molecule has 0 rings (SSSR count). The van der Waals surface area contributed by atoms with Gasteiger partial charge in [0, 0.05) is 0 Å². The van der Waals surface area contributed by atoms with E-state index in [1.54, 1.807) is 0 Å². The fraction of sp³-hybridized carbons (Fsp3) is 1.00. The number of halogens is 7. The second kappa shape index (κ2) is 2.83. The summed E-state index contributed by atoms with van der Waals surface area (Å²) in [6.45, 7) is 0. The number of rotatable bonds is 2. The molecule has 0 aromatic rings. The smallest absolute Gasteiger partial charge is 0.268 e. The van der Waals surface area contributed by atoms with Crippen LogP contribution in [-0.2, 0) is 4.57 Å². The average molecular weight is 216 g/mol. The Hall–Kier alpha value is -0.390. The third-order valence-electron chi connectivity index (χ3n) is 0.848. The normalized spacial score (nSPS) is 15.2. The fourth-order valence-corrected chi connectivity index (χ4v) is 0.469. The van der Waals surface area contributed by atoms with E-state index in [4.69, 9.17) is 0 Å². The molecule has 0 aliphatic carbocycles. The molecule has 0 aliphatic heterocycles. The molecule has 0 heterocycles. The van der Waals surface area contributed by atoms with Gasteiger partial charge in [-0.1, -0.05) is 0 Å². The molecular weight excluding hydrogens is 216 g/mol. The zero-order chi connectivity index (χ0) is 10.2. The minimum absolute atomic E-state index is 2.57. The van der Waals surface area contributed by atoms with E-state index >= 15 is 0 Å².